The second kappa shape index (κ2) is 15.8. The molecule has 0 bridgehead atoms. The third-order valence-electron chi connectivity index (χ3n) is 7.69. The second-order valence-corrected chi connectivity index (χ2v) is 11.5. The molecule has 1 aromatic heterocycles. The maximum atomic E-state index is 13.4. The summed E-state index contributed by atoms with van der Waals surface area (Å²) < 4.78 is 11.6. The summed E-state index contributed by atoms with van der Waals surface area (Å²) in [5, 5.41) is 24.4. The number of dihydropyridines is 1. The molecule has 3 aromatic rings. The quantitative estimate of drug-likeness (QED) is 0.0863. The summed E-state index contributed by atoms with van der Waals surface area (Å²) in [7, 11) is 0. The van der Waals surface area contributed by atoms with E-state index in [-0.39, 0.29) is 16.8 Å². The fourth-order valence-electron chi connectivity index (χ4n) is 5.51. The Bertz CT molecular complexity index is 1660. The highest BCUT2D eigenvalue weighted by molar-refractivity contribution is 5.99. The van der Waals surface area contributed by atoms with Crippen molar-refractivity contribution in [3.05, 3.63) is 134 Å². The van der Waals surface area contributed by atoms with Crippen LogP contribution in [-0.4, -0.2) is 46.3 Å². The maximum Gasteiger partial charge on any atom is 0.337 e. The third-order valence-corrected chi connectivity index (χ3v) is 7.69. The number of carboxylic acids is 1. The zero-order valence-corrected chi connectivity index (χ0v) is 26.5. The molecule has 2 aromatic carbocycles. The van der Waals surface area contributed by atoms with Crippen LogP contribution >= 0.6 is 0 Å². The maximum absolute atomic E-state index is 13.4. The Morgan fingerprint density at radius 1 is 1.07 bits per heavy atom. The minimum Gasteiger partial charge on any atom is -0.478 e. The van der Waals surface area contributed by atoms with Crippen LogP contribution in [0.2, 0.25) is 0 Å². The molecule has 2 heterocycles. The number of hydrogen-bond donors (Lipinski definition) is 2. The average molecular weight is 626 g/mol. The molecule has 2 N–H and O–H groups in total. The van der Waals surface area contributed by atoms with Crippen molar-refractivity contribution in [3.63, 3.8) is 0 Å². The van der Waals surface area contributed by atoms with Crippen molar-refractivity contribution in [2.75, 3.05) is 13.2 Å². The van der Waals surface area contributed by atoms with E-state index in [1.54, 1.807) is 33.0 Å². The van der Waals surface area contributed by atoms with Gasteiger partial charge in [-0.3, -0.25) is 15.1 Å². The smallest absolute Gasteiger partial charge is 0.337 e. The van der Waals surface area contributed by atoms with Gasteiger partial charge in [0.05, 0.1) is 34.7 Å². The van der Waals surface area contributed by atoms with E-state index in [0.717, 1.165) is 17.6 Å². The first-order valence-corrected chi connectivity index (χ1v) is 15.1. The molecular weight excluding hydrogens is 586 g/mol. The van der Waals surface area contributed by atoms with Crippen molar-refractivity contribution in [3.8, 4) is 0 Å². The Labute approximate surface area is 268 Å². The number of hydrogen-bond acceptors (Lipinski definition) is 8. The molecule has 10 heteroatoms. The first-order chi connectivity index (χ1) is 22.0. The molecule has 4 rings (SSSR count). The standard InChI is InChI=1S/C36H39N3O7/c1-23(18-27-12-14-28(15-13-27)19-29-9-6-16-37-21-29)22-45-17-7-8-24(2)46-36(42)33-26(4)38-25(3)32(35(40)41)34(33)30-10-5-11-31(20-30)39(43)44/h5-6,9-16,18,20-21,24,34,38H,7-8,17,19,22H2,1-4H3,(H,40,41). The molecule has 0 fully saturated rings. The van der Waals surface area contributed by atoms with Crippen LogP contribution in [0.4, 0.5) is 5.69 Å². The number of nitro benzene ring substituents is 1. The number of rotatable bonds is 14. The normalized spacial score (nSPS) is 15.7. The number of nitro groups is 1. The van der Waals surface area contributed by atoms with Gasteiger partial charge in [0, 0.05) is 42.5 Å². The average Bonchev–Trinajstić information content (AvgIpc) is 3.01. The van der Waals surface area contributed by atoms with Gasteiger partial charge in [0.25, 0.3) is 5.69 Å². The van der Waals surface area contributed by atoms with E-state index >= 15 is 0 Å². The number of non-ortho nitro benzene ring substituents is 1. The highest BCUT2D eigenvalue weighted by Gasteiger charge is 2.38. The largest absolute Gasteiger partial charge is 0.478 e. The molecule has 1 aliphatic heterocycles. The summed E-state index contributed by atoms with van der Waals surface area (Å²) in [6.07, 6.45) is 7.28. The Hall–Kier alpha value is -5.09. The molecule has 0 radical (unpaired) electrons. The summed E-state index contributed by atoms with van der Waals surface area (Å²) in [5.74, 6) is -2.94. The summed E-state index contributed by atoms with van der Waals surface area (Å²) >= 11 is 0. The predicted octanol–water partition coefficient (Wildman–Crippen LogP) is 6.73. The SMILES string of the molecule is CC(=Cc1ccc(Cc2cccnc2)cc1)COCCCC(C)OC(=O)C1=C(C)NC(C)=C(C(=O)O)C1c1cccc([N+](=O)[O-])c1. The zero-order valence-electron chi connectivity index (χ0n) is 26.5. The molecule has 46 heavy (non-hydrogen) atoms. The van der Waals surface area contributed by atoms with Gasteiger partial charge < -0.3 is 19.9 Å². The van der Waals surface area contributed by atoms with Gasteiger partial charge in [0.2, 0.25) is 0 Å². The molecule has 2 unspecified atom stereocenters. The first kappa shape index (κ1) is 33.8. The summed E-state index contributed by atoms with van der Waals surface area (Å²) in [4.78, 5) is 40.7. The number of esters is 1. The molecule has 0 saturated heterocycles. The topological polar surface area (TPSA) is 141 Å². The Balaban J connectivity index is 1.29. The van der Waals surface area contributed by atoms with Crippen LogP contribution < -0.4 is 5.32 Å². The number of aromatic nitrogens is 1. The number of carbonyl (C=O) groups is 2. The zero-order chi connectivity index (χ0) is 33.2. The molecule has 10 nitrogen and oxygen atoms in total. The number of nitrogens with zero attached hydrogens (tertiary/aromatic N) is 2. The monoisotopic (exact) mass is 625 g/mol. The van der Waals surface area contributed by atoms with Gasteiger partial charge in [-0.15, -0.1) is 0 Å². The van der Waals surface area contributed by atoms with Crippen LogP contribution in [0.5, 0.6) is 0 Å². The Morgan fingerprint density at radius 2 is 1.80 bits per heavy atom. The van der Waals surface area contributed by atoms with Gasteiger partial charge >= 0.3 is 11.9 Å². The summed E-state index contributed by atoms with van der Waals surface area (Å²) in [6, 6.07) is 18.1. The number of benzene rings is 2. The van der Waals surface area contributed by atoms with Crippen molar-refractivity contribution >= 4 is 23.7 Å². The number of carbonyl (C=O) groups excluding carboxylic acids is 1. The van der Waals surface area contributed by atoms with Crippen molar-refractivity contribution in [2.45, 2.75) is 59.0 Å². The Kier molecular flexibility index (Phi) is 11.6. The predicted molar refractivity (Wildman–Crippen MR) is 175 cm³/mol. The summed E-state index contributed by atoms with van der Waals surface area (Å²) in [5.41, 5.74) is 5.52. The van der Waals surface area contributed by atoms with Crippen molar-refractivity contribution in [1.82, 2.24) is 10.3 Å². The van der Waals surface area contributed by atoms with E-state index < -0.39 is 28.9 Å². The van der Waals surface area contributed by atoms with Gasteiger partial charge in [-0.25, -0.2) is 9.59 Å². The highest BCUT2D eigenvalue weighted by Crippen LogP contribution is 2.40. The fraction of sp³-hybridized carbons (Fsp3) is 0.306. The van der Waals surface area contributed by atoms with Crippen LogP contribution in [0.3, 0.4) is 0 Å². The van der Waals surface area contributed by atoms with E-state index in [4.69, 9.17) is 9.47 Å². The number of allylic oxidation sites excluding steroid dienone is 2. The molecule has 2 atom stereocenters. The molecule has 240 valence electrons. The number of nitrogens with one attached hydrogen (secondary N) is 1. The minimum atomic E-state index is -1.23. The summed E-state index contributed by atoms with van der Waals surface area (Å²) in [6.45, 7) is 7.99. The molecule has 0 amide bonds. The van der Waals surface area contributed by atoms with Crippen LogP contribution in [-0.2, 0) is 25.5 Å². The van der Waals surface area contributed by atoms with Crippen molar-refractivity contribution in [1.29, 1.82) is 0 Å². The molecule has 0 saturated carbocycles. The van der Waals surface area contributed by atoms with E-state index in [1.165, 1.54) is 29.3 Å². The fourth-order valence-corrected chi connectivity index (χ4v) is 5.51. The van der Waals surface area contributed by atoms with E-state index in [2.05, 4.69) is 46.7 Å². The van der Waals surface area contributed by atoms with E-state index in [0.29, 0.717) is 43.0 Å². The van der Waals surface area contributed by atoms with E-state index in [1.807, 2.05) is 19.2 Å². The number of aliphatic carboxylic acids is 1. The van der Waals surface area contributed by atoms with Crippen LogP contribution in [0.25, 0.3) is 6.08 Å². The number of carboxylic acid groups (broad SMARTS) is 1. The third kappa shape index (κ3) is 8.98. The lowest BCUT2D eigenvalue weighted by atomic mass is 9.80. The van der Waals surface area contributed by atoms with Gasteiger partial charge in [-0.05, 0) is 80.9 Å². The molecule has 0 spiro atoms. The van der Waals surface area contributed by atoms with Gasteiger partial charge in [0.15, 0.2) is 0 Å². The lowest BCUT2D eigenvalue weighted by Crippen LogP contribution is -2.32. The lowest BCUT2D eigenvalue weighted by molar-refractivity contribution is -0.384. The first-order valence-electron chi connectivity index (χ1n) is 15.1. The minimum absolute atomic E-state index is 0.0665. The number of ether oxygens (including phenoxy) is 2. The molecule has 0 aliphatic carbocycles. The van der Waals surface area contributed by atoms with Crippen molar-refractivity contribution < 1.29 is 29.1 Å². The second-order valence-electron chi connectivity index (χ2n) is 11.5. The lowest BCUT2D eigenvalue weighted by Gasteiger charge is -2.30. The van der Waals surface area contributed by atoms with Crippen LogP contribution in [0, 0.1) is 10.1 Å². The van der Waals surface area contributed by atoms with Crippen LogP contribution in [0.15, 0.2) is 101 Å². The highest BCUT2D eigenvalue weighted by atomic mass is 16.6. The van der Waals surface area contributed by atoms with Gasteiger partial charge in [0.1, 0.15) is 0 Å². The van der Waals surface area contributed by atoms with Gasteiger partial charge in [-0.2, -0.15) is 0 Å². The number of pyridine rings is 1. The van der Waals surface area contributed by atoms with E-state index in [9.17, 15) is 24.8 Å². The Morgan fingerprint density at radius 3 is 2.48 bits per heavy atom. The van der Waals surface area contributed by atoms with Crippen LogP contribution in [0.1, 0.15) is 68.7 Å². The van der Waals surface area contributed by atoms with Crippen molar-refractivity contribution in [2.24, 2.45) is 0 Å². The molecule has 1 aliphatic rings. The van der Waals surface area contributed by atoms with Gasteiger partial charge in [-0.1, -0.05) is 48.5 Å². The molecular formula is C36H39N3O7.